The minimum atomic E-state index is -0.891. The monoisotopic (exact) mass is 496 g/mol. The van der Waals surface area contributed by atoms with Crippen molar-refractivity contribution in [2.45, 2.75) is 25.8 Å². The highest BCUT2D eigenvalue weighted by Crippen LogP contribution is 2.43. The third-order valence-electron chi connectivity index (χ3n) is 5.76. The molecule has 0 saturated carbocycles. The Kier molecular flexibility index (Phi) is 6.64. The maximum Gasteiger partial charge on any atom is 0.300 e. The number of benzene rings is 2. The summed E-state index contributed by atoms with van der Waals surface area (Å²) in [5, 5.41) is 11.6. The first-order valence-corrected chi connectivity index (χ1v) is 11.3. The quantitative estimate of drug-likeness (QED) is 0.260. The van der Waals surface area contributed by atoms with Crippen molar-refractivity contribution in [1.29, 1.82) is 0 Å². The number of amides is 1. The summed E-state index contributed by atoms with van der Waals surface area (Å²) in [5.41, 5.74) is 2.31. The second-order valence-corrected chi connectivity index (χ2v) is 8.99. The molecule has 8 heteroatoms. The normalized spacial score (nSPS) is 17.5. The summed E-state index contributed by atoms with van der Waals surface area (Å²) in [5.74, 6) is -1.40. The number of anilines is 1. The molecule has 3 aromatic rings. The highest BCUT2D eigenvalue weighted by atomic mass is 35.5. The Morgan fingerprint density at radius 1 is 1.09 bits per heavy atom. The van der Waals surface area contributed by atoms with Crippen LogP contribution in [0.25, 0.3) is 5.76 Å². The molecular weight excluding hydrogens is 475 g/mol. The maximum absolute atomic E-state index is 13.2. The molecule has 1 aromatic heterocycles. The molecule has 6 nitrogen and oxygen atoms in total. The summed E-state index contributed by atoms with van der Waals surface area (Å²) in [4.78, 5) is 32.0. The van der Waals surface area contributed by atoms with Crippen LogP contribution in [0, 0.1) is 0 Å². The first-order chi connectivity index (χ1) is 16.2. The van der Waals surface area contributed by atoms with Crippen LogP contribution < -0.4 is 9.64 Å². The Balaban J connectivity index is 1.91. The van der Waals surface area contributed by atoms with Crippen molar-refractivity contribution in [2.24, 2.45) is 0 Å². The van der Waals surface area contributed by atoms with Gasteiger partial charge in [0.25, 0.3) is 11.7 Å². The molecule has 1 aliphatic rings. The Labute approximate surface area is 207 Å². The number of pyridine rings is 1. The van der Waals surface area contributed by atoms with E-state index in [0.717, 1.165) is 5.56 Å². The van der Waals surface area contributed by atoms with Gasteiger partial charge in [-0.15, -0.1) is 0 Å². The Morgan fingerprint density at radius 3 is 2.26 bits per heavy atom. The molecule has 4 rings (SSSR count). The van der Waals surface area contributed by atoms with Crippen molar-refractivity contribution in [3.8, 4) is 5.75 Å². The zero-order chi connectivity index (χ0) is 24.6. The van der Waals surface area contributed by atoms with E-state index in [2.05, 4.69) is 18.8 Å². The number of aliphatic hydroxyl groups is 1. The summed E-state index contributed by atoms with van der Waals surface area (Å²) in [6, 6.07) is 12.9. The molecule has 1 aliphatic heterocycles. The number of Topliss-reactive ketones (excluding diaryl/α,β-unsaturated/α-hetero) is 1. The zero-order valence-corrected chi connectivity index (χ0v) is 20.3. The molecular formula is C26H22Cl2N2O4. The van der Waals surface area contributed by atoms with Gasteiger partial charge in [-0.1, -0.05) is 55.2 Å². The van der Waals surface area contributed by atoms with Gasteiger partial charge in [0.2, 0.25) is 0 Å². The van der Waals surface area contributed by atoms with Gasteiger partial charge in [0.15, 0.2) is 5.75 Å². The summed E-state index contributed by atoms with van der Waals surface area (Å²) >= 11 is 12.5. The van der Waals surface area contributed by atoms with Gasteiger partial charge < -0.3 is 9.84 Å². The molecule has 2 aromatic carbocycles. The van der Waals surface area contributed by atoms with Gasteiger partial charge in [-0.25, -0.2) is 0 Å². The fraction of sp³-hybridized carbons (Fsp3) is 0.192. The van der Waals surface area contributed by atoms with Crippen LogP contribution in [-0.2, 0) is 9.59 Å². The van der Waals surface area contributed by atoms with Crippen molar-refractivity contribution < 1.29 is 19.4 Å². The molecule has 1 N–H and O–H groups in total. The van der Waals surface area contributed by atoms with E-state index in [1.807, 2.05) is 12.1 Å². The van der Waals surface area contributed by atoms with Crippen molar-refractivity contribution in [3.63, 3.8) is 0 Å². The number of hydrogen-bond acceptors (Lipinski definition) is 5. The second-order valence-electron chi connectivity index (χ2n) is 8.17. The summed E-state index contributed by atoms with van der Waals surface area (Å²) < 4.78 is 5.17. The highest BCUT2D eigenvalue weighted by molar-refractivity contribution is 6.51. The number of ketones is 1. The number of halogens is 2. The average molecular weight is 497 g/mol. The lowest BCUT2D eigenvalue weighted by Gasteiger charge is -2.25. The maximum atomic E-state index is 13.2. The van der Waals surface area contributed by atoms with Gasteiger partial charge in [0.1, 0.15) is 5.76 Å². The standard InChI is InChI=1S/C26H22Cl2N2O4/c1-14(2)15-6-8-18(9-7-15)30-22(16-5-4-10-29-13-16)21(24(32)26(30)33)23(31)17-11-19(27)25(34-3)20(28)12-17/h4-14,22,31H,1-3H3/b23-21+. The van der Waals surface area contributed by atoms with Crippen LogP contribution in [0.2, 0.25) is 10.0 Å². The minimum Gasteiger partial charge on any atom is -0.507 e. The van der Waals surface area contributed by atoms with Crippen molar-refractivity contribution in [2.75, 3.05) is 12.0 Å². The van der Waals surface area contributed by atoms with E-state index >= 15 is 0 Å². The van der Waals surface area contributed by atoms with E-state index in [0.29, 0.717) is 17.2 Å². The van der Waals surface area contributed by atoms with Crippen LogP contribution in [0.3, 0.4) is 0 Å². The van der Waals surface area contributed by atoms with Crippen LogP contribution in [0.1, 0.15) is 42.5 Å². The zero-order valence-electron chi connectivity index (χ0n) is 18.8. The van der Waals surface area contributed by atoms with Gasteiger partial charge in [0.05, 0.1) is 28.8 Å². The lowest BCUT2D eigenvalue weighted by Crippen LogP contribution is -2.29. The second kappa shape index (κ2) is 9.49. The van der Waals surface area contributed by atoms with Gasteiger partial charge >= 0.3 is 0 Å². The highest BCUT2D eigenvalue weighted by Gasteiger charge is 2.47. The number of carbonyl (C=O) groups excluding carboxylic acids is 2. The molecule has 1 atom stereocenters. The number of carbonyl (C=O) groups is 2. The molecule has 1 amide bonds. The third-order valence-corrected chi connectivity index (χ3v) is 6.32. The summed E-state index contributed by atoms with van der Waals surface area (Å²) in [7, 11) is 1.42. The van der Waals surface area contributed by atoms with Gasteiger partial charge in [-0.3, -0.25) is 19.5 Å². The van der Waals surface area contributed by atoms with Crippen molar-refractivity contribution in [1.82, 2.24) is 4.98 Å². The molecule has 2 heterocycles. The minimum absolute atomic E-state index is 0.0803. The third kappa shape index (κ3) is 4.15. The predicted octanol–water partition coefficient (Wildman–Crippen LogP) is 6.15. The number of ether oxygens (including phenoxy) is 1. The van der Waals surface area contributed by atoms with E-state index in [1.54, 1.807) is 36.7 Å². The number of rotatable bonds is 5. The van der Waals surface area contributed by atoms with E-state index in [4.69, 9.17) is 27.9 Å². The topological polar surface area (TPSA) is 79.7 Å². The van der Waals surface area contributed by atoms with Gasteiger partial charge in [-0.05, 0) is 47.4 Å². The average Bonchev–Trinajstić information content (AvgIpc) is 3.09. The number of nitrogens with zero attached hydrogens (tertiary/aromatic N) is 2. The SMILES string of the molecule is COc1c(Cl)cc(/C(O)=C2\C(=O)C(=O)N(c3ccc(C(C)C)cc3)C2c2cccnc2)cc1Cl. The van der Waals surface area contributed by atoms with E-state index < -0.39 is 17.7 Å². The lowest BCUT2D eigenvalue weighted by atomic mass is 9.96. The van der Waals surface area contributed by atoms with Gasteiger partial charge in [0, 0.05) is 23.6 Å². The molecule has 1 fully saturated rings. The van der Waals surface area contributed by atoms with Crippen LogP contribution in [-0.4, -0.2) is 28.9 Å². The van der Waals surface area contributed by atoms with E-state index in [1.165, 1.54) is 24.1 Å². The molecule has 0 aliphatic carbocycles. The molecule has 0 spiro atoms. The molecule has 1 saturated heterocycles. The summed E-state index contributed by atoms with van der Waals surface area (Å²) in [6.07, 6.45) is 3.16. The first kappa shape index (κ1) is 23.8. The Morgan fingerprint density at radius 2 is 1.74 bits per heavy atom. The van der Waals surface area contributed by atoms with Crippen molar-refractivity contribution >= 4 is 46.3 Å². The number of methoxy groups -OCH3 is 1. The summed E-state index contributed by atoms with van der Waals surface area (Å²) in [6.45, 7) is 4.14. The van der Waals surface area contributed by atoms with Crippen molar-refractivity contribution in [3.05, 3.63) is 93.2 Å². The molecule has 0 radical (unpaired) electrons. The van der Waals surface area contributed by atoms with Crippen LogP contribution in [0.4, 0.5) is 5.69 Å². The van der Waals surface area contributed by atoms with Crippen LogP contribution in [0.5, 0.6) is 5.75 Å². The number of hydrogen-bond donors (Lipinski definition) is 1. The molecule has 0 bridgehead atoms. The number of aromatic nitrogens is 1. The number of aliphatic hydroxyl groups excluding tert-OH is 1. The molecule has 1 unspecified atom stereocenters. The fourth-order valence-corrected chi connectivity index (χ4v) is 4.66. The van der Waals surface area contributed by atoms with E-state index in [9.17, 15) is 14.7 Å². The van der Waals surface area contributed by atoms with Crippen LogP contribution >= 0.6 is 23.2 Å². The molecule has 34 heavy (non-hydrogen) atoms. The Bertz CT molecular complexity index is 1260. The molecule has 174 valence electrons. The van der Waals surface area contributed by atoms with Crippen LogP contribution in [0.15, 0.2) is 66.5 Å². The largest absolute Gasteiger partial charge is 0.507 e. The van der Waals surface area contributed by atoms with E-state index in [-0.39, 0.29) is 32.7 Å². The first-order valence-electron chi connectivity index (χ1n) is 10.6. The lowest BCUT2D eigenvalue weighted by molar-refractivity contribution is -0.132. The predicted molar refractivity (Wildman–Crippen MR) is 133 cm³/mol. The van der Waals surface area contributed by atoms with Gasteiger partial charge in [-0.2, -0.15) is 0 Å². The smallest absolute Gasteiger partial charge is 0.300 e. The fourth-order valence-electron chi connectivity index (χ4n) is 4.02. The Hall–Kier alpha value is -3.35.